The summed E-state index contributed by atoms with van der Waals surface area (Å²) in [6.45, 7) is 2.27. The van der Waals surface area contributed by atoms with Crippen molar-refractivity contribution in [1.29, 1.82) is 0 Å². The number of ether oxygens (including phenoxy) is 2. The highest BCUT2D eigenvalue weighted by Crippen LogP contribution is 2.36. The summed E-state index contributed by atoms with van der Waals surface area (Å²) in [4.78, 5) is 11.6. The second-order valence-corrected chi connectivity index (χ2v) is 4.45. The minimum Gasteiger partial charge on any atom is -0.491 e. The summed E-state index contributed by atoms with van der Waals surface area (Å²) < 4.78 is 60.7. The summed E-state index contributed by atoms with van der Waals surface area (Å²) in [6.07, 6.45) is -3.90. The zero-order valence-corrected chi connectivity index (χ0v) is 12.2. The van der Waals surface area contributed by atoms with Gasteiger partial charge >= 0.3 is 12.0 Å². The van der Waals surface area contributed by atoms with Gasteiger partial charge in [0.05, 0.1) is 12.3 Å². The van der Waals surface area contributed by atoms with Crippen molar-refractivity contribution in [2.24, 2.45) is 0 Å². The fourth-order valence-electron chi connectivity index (χ4n) is 1.56. The van der Waals surface area contributed by atoms with Crippen molar-refractivity contribution >= 4 is 11.6 Å². The molecular weight excluding hydrogens is 306 g/mol. The molecule has 0 aliphatic rings. The van der Waals surface area contributed by atoms with Crippen LogP contribution in [0.25, 0.3) is 0 Å². The van der Waals surface area contributed by atoms with E-state index in [1.54, 1.807) is 6.07 Å². The van der Waals surface area contributed by atoms with Crippen LogP contribution >= 0.6 is 0 Å². The number of anilines is 1. The van der Waals surface area contributed by atoms with Crippen LogP contribution in [0.3, 0.4) is 0 Å². The number of carbonyl (C=O) groups excluding carboxylic acids is 1. The Morgan fingerprint density at radius 2 is 1.86 bits per heavy atom. The van der Waals surface area contributed by atoms with E-state index in [4.69, 9.17) is 4.74 Å². The Morgan fingerprint density at radius 3 is 2.41 bits per heavy atom. The Labute approximate surface area is 125 Å². The third-order valence-corrected chi connectivity index (χ3v) is 2.83. The molecule has 0 saturated carbocycles. The minimum atomic E-state index is -5.50. The lowest BCUT2D eigenvalue weighted by molar-refractivity contribution is -0.305. The molecule has 4 nitrogen and oxygen atoms in total. The molecule has 1 rings (SSSR count). The maximum Gasteiger partial charge on any atom is 0.458 e. The van der Waals surface area contributed by atoms with Crippen molar-refractivity contribution in [3.63, 3.8) is 0 Å². The molecule has 1 unspecified atom stereocenters. The van der Waals surface area contributed by atoms with Gasteiger partial charge in [-0.1, -0.05) is 25.5 Å². The molecule has 0 saturated heterocycles. The number of para-hydroxylation sites is 2. The van der Waals surface area contributed by atoms with Crippen molar-refractivity contribution in [1.82, 2.24) is 0 Å². The smallest absolute Gasteiger partial charge is 0.458 e. The first-order valence-corrected chi connectivity index (χ1v) is 6.60. The number of nitrogens with one attached hydrogen (secondary N) is 1. The van der Waals surface area contributed by atoms with Crippen LogP contribution in [0.5, 0.6) is 5.75 Å². The first kappa shape index (κ1) is 18.2. The van der Waals surface area contributed by atoms with Gasteiger partial charge in [-0.3, -0.25) is 4.79 Å². The largest absolute Gasteiger partial charge is 0.491 e. The molecule has 1 aromatic rings. The van der Waals surface area contributed by atoms with Gasteiger partial charge in [0.25, 0.3) is 5.91 Å². The van der Waals surface area contributed by atoms with Crippen LogP contribution in [0.15, 0.2) is 24.3 Å². The summed E-state index contributed by atoms with van der Waals surface area (Å²) in [5.74, 6) is -6.23. The number of amides is 1. The first-order valence-electron chi connectivity index (χ1n) is 6.60. The quantitative estimate of drug-likeness (QED) is 0.615. The number of rotatable bonds is 7. The van der Waals surface area contributed by atoms with E-state index in [9.17, 15) is 22.4 Å². The third-order valence-electron chi connectivity index (χ3n) is 2.83. The maximum absolute atomic E-state index is 13.7. The second kappa shape index (κ2) is 7.44. The summed E-state index contributed by atoms with van der Waals surface area (Å²) in [6, 6.07) is 5.83. The van der Waals surface area contributed by atoms with Crippen molar-refractivity contribution in [3.05, 3.63) is 24.3 Å². The monoisotopic (exact) mass is 323 g/mol. The van der Waals surface area contributed by atoms with E-state index in [1.807, 2.05) is 12.2 Å². The summed E-state index contributed by atoms with van der Waals surface area (Å²) in [5, 5.41) is 1.85. The van der Waals surface area contributed by atoms with Crippen molar-refractivity contribution in [2.75, 3.05) is 19.0 Å². The lowest BCUT2D eigenvalue weighted by Crippen LogP contribution is -2.52. The lowest BCUT2D eigenvalue weighted by Gasteiger charge is -2.25. The van der Waals surface area contributed by atoms with Gasteiger partial charge in [-0.05, 0) is 18.6 Å². The van der Waals surface area contributed by atoms with E-state index in [2.05, 4.69) is 4.74 Å². The number of halogens is 4. The fraction of sp³-hybridized carbons (Fsp3) is 0.500. The van der Waals surface area contributed by atoms with E-state index >= 15 is 0 Å². The van der Waals surface area contributed by atoms with Crippen LogP contribution in [0.4, 0.5) is 23.2 Å². The standard InChI is InChI=1S/C14H17F4NO3/c1-3-4-9-22-11-8-6-5-7-10(11)19-12(20)13(15,21-2)14(16,17)18/h5-8H,3-4,9H2,1-2H3,(H,19,20). The number of methoxy groups -OCH3 is 1. The van der Waals surface area contributed by atoms with Gasteiger partial charge in [0.2, 0.25) is 0 Å². The molecular formula is C14H17F4NO3. The van der Waals surface area contributed by atoms with Gasteiger partial charge in [0, 0.05) is 7.11 Å². The molecule has 22 heavy (non-hydrogen) atoms. The molecule has 0 aliphatic heterocycles. The lowest BCUT2D eigenvalue weighted by atomic mass is 10.2. The molecule has 1 amide bonds. The Morgan fingerprint density at radius 1 is 1.23 bits per heavy atom. The molecule has 1 aromatic carbocycles. The minimum absolute atomic E-state index is 0.0630. The Kier molecular flexibility index (Phi) is 6.16. The van der Waals surface area contributed by atoms with Gasteiger partial charge in [0.15, 0.2) is 0 Å². The average Bonchev–Trinajstić information content (AvgIpc) is 2.47. The number of hydrogen-bond donors (Lipinski definition) is 1. The fourth-order valence-corrected chi connectivity index (χ4v) is 1.56. The molecule has 0 spiro atoms. The number of hydrogen-bond acceptors (Lipinski definition) is 3. The van der Waals surface area contributed by atoms with Crippen LogP contribution < -0.4 is 10.1 Å². The number of benzene rings is 1. The third kappa shape index (κ3) is 4.09. The van der Waals surface area contributed by atoms with E-state index in [0.717, 1.165) is 12.8 Å². The van der Waals surface area contributed by atoms with Crippen LogP contribution in [0, 0.1) is 0 Å². The predicted octanol–water partition coefficient (Wildman–Crippen LogP) is 3.68. The number of alkyl halides is 4. The summed E-state index contributed by atoms with van der Waals surface area (Å²) in [7, 11) is 0.469. The Hall–Kier alpha value is -1.83. The van der Waals surface area contributed by atoms with Crippen molar-refractivity contribution in [2.45, 2.75) is 31.8 Å². The molecule has 0 bridgehead atoms. The highest BCUT2D eigenvalue weighted by atomic mass is 19.4. The zero-order chi connectivity index (χ0) is 16.8. The molecule has 0 heterocycles. The van der Waals surface area contributed by atoms with E-state index < -0.39 is 17.9 Å². The molecule has 124 valence electrons. The van der Waals surface area contributed by atoms with Crippen LogP contribution in [0.2, 0.25) is 0 Å². The highest BCUT2D eigenvalue weighted by Gasteiger charge is 2.63. The Balaban J connectivity index is 2.92. The van der Waals surface area contributed by atoms with Gasteiger partial charge in [-0.15, -0.1) is 0 Å². The second-order valence-electron chi connectivity index (χ2n) is 4.45. The van der Waals surface area contributed by atoms with Crippen LogP contribution in [-0.2, 0) is 9.53 Å². The molecule has 0 radical (unpaired) electrons. The van der Waals surface area contributed by atoms with Gasteiger partial charge < -0.3 is 14.8 Å². The molecule has 0 aromatic heterocycles. The van der Waals surface area contributed by atoms with E-state index in [1.165, 1.54) is 18.2 Å². The molecule has 0 aliphatic carbocycles. The van der Waals surface area contributed by atoms with Gasteiger partial charge in [-0.2, -0.15) is 17.6 Å². The Bertz CT molecular complexity index is 507. The van der Waals surface area contributed by atoms with Crippen molar-refractivity contribution < 1.29 is 31.8 Å². The molecule has 8 heteroatoms. The SMILES string of the molecule is CCCCOc1ccccc1NC(=O)C(F)(OC)C(F)(F)F. The molecule has 1 atom stereocenters. The summed E-state index contributed by atoms with van der Waals surface area (Å²) in [5.41, 5.74) is -0.0630. The predicted molar refractivity (Wildman–Crippen MR) is 72.4 cm³/mol. The highest BCUT2D eigenvalue weighted by molar-refractivity contribution is 5.97. The number of carbonyl (C=O) groups is 1. The normalized spacial score (nSPS) is 14.3. The molecule has 1 N–H and O–H groups in total. The topological polar surface area (TPSA) is 47.6 Å². The van der Waals surface area contributed by atoms with E-state index in [0.29, 0.717) is 13.7 Å². The zero-order valence-electron chi connectivity index (χ0n) is 12.2. The van der Waals surface area contributed by atoms with Gasteiger partial charge in [0.1, 0.15) is 5.75 Å². The average molecular weight is 323 g/mol. The number of unbranched alkanes of at least 4 members (excludes halogenated alkanes) is 1. The molecule has 0 fully saturated rings. The maximum atomic E-state index is 13.7. The first-order chi connectivity index (χ1) is 10.3. The van der Waals surface area contributed by atoms with E-state index in [-0.39, 0.29) is 11.4 Å². The van der Waals surface area contributed by atoms with Crippen molar-refractivity contribution in [3.8, 4) is 5.75 Å². The van der Waals surface area contributed by atoms with Crippen LogP contribution in [-0.4, -0.2) is 31.7 Å². The summed E-state index contributed by atoms with van der Waals surface area (Å²) >= 11 is 0. The van der Waals surface area contributed by atoms with Crippen LogP contribution in [0.1, 0.15) is 19.8 Å². The van der Waals surface area contributed by atoms with Gasteiger partial charge in [-0.25, -0.2) is 0 Å².